The van der Waals surface area contributed by atoms with E-state index >= 15 is 0 Å². The molecule has 1 aliphatic heterocycles. The summed E-state index contributed by atoms with van der Waals surface area (Å²) in [6.07, 6.45) is 5.77. The Hall–Kier alpha value is -2.99. The summed E-state index contributed by atoms with van der Waals surface area (Å²) in [6, 6.07) is 6.05. The molecule has 0 spiro atoms. The standard InChI is InChI=1S/C24H32N6O3/c1-3-28(13-4-12-25)24(10-11-24)16-9-14-27(15-16)19-8-7-18-20(21(19)33-2)29(17-5-6-17)23(32)30(26)22(18)31/h7-8,16-17H,3-6,9-11,13-15,26H2,1-2H3. The molecule has 2 N–H and O–H groups in total. The van der Waals surface area contributed by atoms with E-state index in [0.717, 1.165) is 51.1 Å². The third kappa shape index (κ3) is 3.39. The van der Waals surface area contributed by atoms with Gasteiger partial charge in [0.1, 0.15) is 5.52 Å². The Bertz CT molecular complexity index is 1230. The highest BCUT2D eigenvalue weighted by molar-refractivity contribution is 5.90. The second kappa shape index (κ2) is 8.10. The molecule has 3 fully saturated rings. The Morgan fingerprint density at radius 2 is 2.03 bits per heavy atom. The quantitative estimate of drug-likeness (QED) is 0.608. The van der Waals surface area contributed by atoms with Gasteiger partial charge >= 0.3 is 5.69 Å². The fraction of sp³-hybridized carbons (Fsp3) is 0.625. The first-order chi connectivity index (χ1) is 16.0. The summed E-state index contributed by atoms with van der Waals surface area (Å²) in [7, 11) is 1.60. The highest BCUT2D eigenvalue weighted by Gasteiger charge is 2.54. The molecule has 0 bridgehead atoms. The van der Waals surface area contributed by atoms with Gasteiger partial charge in [0, 0.05) is 37.6 Å². The monoisotopic (exact) mass is 452 g/mol. The first-order valence-corrected chi connectivity index (χ1v) is 12.0. The molecule has 2 saturated carbocycles. The van der Waals surface area contributed by atoms with E-state index in [2.05, 4.69) is 22.8 Å². The second-order valence-electron chi connectivity index (χ2n) is 9.60. The number of ether oxygens (including phenoxy) is 1. The molecule has 1 saturated heterocycles. The van der Waals surface area contributed by atoms with E-state index in [0.29, 0.717) is 33.7 Å². The predicted molar refractivity (Wildman–Crippen MR) is 127 cm³/mol. The number of methoxy groups -OCH3 is 1. The summed E-state index contributed by atoms with van der Waals surface area (Å²) in [4.78, 5) is 30.5. The Balaban J connectivity index is 1.52. The maximum absolute atomic E-state index is 12.9. The van der Waals surface area contributed by atoms with Gasteiger partial charge in [-0.3, -0.25) is 14.3 Å². The lowest BCUT2D eigenvalue weighted by molar-refractivity contribution is 0.137. The third-order valence-electron chi connectivity index (χ3n) is 7.89. The fourth-order valence-corrected chi connectivity index (χ4v) is 5.93. The lowest BCUT2D eigenvalue weighted by Gasteiger charge is -2.35. The van der Waals surface area contributed by atoms with Gasteiger partial charge in [0.05, 0.1) is 24.3 Å². The number of hydrogen-bond acceptors (Lipinski definition) is 7. The SMILES string of the molecule is CCN(CCC#N)C1(C2CCN(c3ccc4c(=O)n(N)c(=O)n(C5CC5)c4c3OC)C2)CC1. The van der Waals surface area contributed by atoms with Crippen molar-refractivity contribution < 1.29 is 4.74 Å². The van der Waals surface area contributed by atoms with Crippen LogP contribution in [0.15, 0.2) is 21.7 Å². The zero-order valence-electron chi connectivity index (χ0n) is 19.4. The number of fused-ring (bicyclic) bond motifs is 1. The fourth-order valence-electron chi connectivity index (χ4n) is 5.93. The van der Waals surface area contributed by atoms with E-state index in [1.807, 2.05) is 6.07 Å². The van der Waals surface area contributed by atoms with E-state index in [1.54, 1.807) is 17.7 Å². The number of benzene rings is 1. The van der Waals surface area contributed by atoms with Crippen molar-refractivity contribution in [2.24, 2.45) is 5.92 Å². The molecule has 1 unspecified atom stereocenters. The second-order valence-corrected chi connectivity index (χ2v) is 9.60. The number of nitrogen functional groups attached to an aromatic ring is 1. The van der Waals surface area contributed by atoms with Crippen LogP contribution in [0.2, 0.25) is 0 Å². The van der Waals surface area contributed by atoms with Crippen molar-refractivity contribution >= 4 is 16.6 Å². The van der Waals surface area contributed by atoms with Crippen molar-refractivity contribution in [3.8, 4) is 11.8 Å². The minimum absolute atomic E-state index is 0.0545. The van der Waals surface area contributed by atoms with Gasteiger partial charge in [0.15, 0.2) is 5.75 Å². The molecule has 33 heavy (non-hydrogen) atoms. The molecule has 3 aliphatic rings. The van der Waals surface area contributed by atoms with Gasteiger partial charge in [-0.1, -0.05) is 6.92 Å². The average molecular weight is 453 g/mol. The minimum atomic E-state index is -0.496. The summed E-state index contributed by atoms with van der Waals surface area (Å²) in [5.74, 6) is 6.90. The Morgan fingerprint density at radius 1 is 1.27 bits per heavy atom. The molecule has 2 aliphatic carbocycles. The van der Waals surface area contributed by atoms with Gasteiger partial charge in [0.25, 0.3) is 5.56 Å². The molecule has 9 heteroatoms. The van der Waals surface area contributed by atoms with Crippen molar-refractivity contribution in [3.05, 3.63) is 33.0 Å². The van der Waals surface area contributed by atoms with Crippen LogP contribution in [0.3, 0.4) is 0 Å². The van der Waals surface area contributed by atoms with Crippen LogP contribution < -0.4 is 26.7 Å². The number of anilines is 1. The smallest absolute Gasteiger partial charge is 0.350 e. The summed E-state index contributed by atoms with van der Waals surface area (Å²) in [6.45, 7) is 5.74. The van der Waals surface area contributed by atoms with Crippen LogP contribution in [0.25, 0.3) is 10.9 Å². The summed E-state index contributed by atoms with van der Waals surface area (Å²) in [5, 5.41) is 9.47. The number of hydrogen-bond donors (Lipinski definition) is 1. The number of nitrogens with two attached hydrogens (primary N) is 1. The van der Waals surface area contributed by atoms with E-state index < -0.39 is 11.2 Å². The molecule has 176 valence electrons. The van der Waals surface area contributed by atoms with Crippen LogP contribution in [-0.2, 0) is 0 Å². The van der Waals surface area contributed by atoms with Crippen molar-refractivity contribution in [1.82, 2.24) is 14.1 Å². The van der Waals surface area contributed by atoms with Gasteiger partial charge in [-0.15, -0.1) is 0 Å². The van der Waals surface area contributed by atoms with Gasteiger partial charge in [0.2, 0.25) is 0 Å². The van der Waals surface area contributed by atoms with Crippen LogP contribution >= 0.6 is 0 Å². The lowest BCUT2D eigenvalue weighted by atomic mass is 9.94. The molecule has 5 rings (SSSR count). The van der Waals surface area contributed by atoms with Crippen molar-refractivity contribution in [1.29, 1.82) is 5.26 Å². The Labute approximate surface area is 192 Å². The molecular formula is C24H32N6O3. The number of nitrogens with zero attached hydrogens (tertiary/aromatic N) is 5. The molecule has 1 aromatic carbocycles. The molecule has 1 aromatic heterocycles. The molecule has 2 aromatic rings. The Morgan fingerprint density at radius 3 is 2.64 bits per heavy atom. The average Bonchev–Trinajstić information content (AvgIpc) is 3.76. The number of nitriles is 1. The van der Waals surface area contributed by atoms with E-state index in [-0.39, 0.29) is 11.6 Å². The summed E-state index contributed by atoms with van der Waals surface area (Å²) < 4.78 is 8.22. The van der Waals surface area contributed by atoms with Gasteiger partial charge in [-0.25, -0.2) is 4.79 Å². The van der Waals surface area contributed by atoms with E-state index in [9.17, 15) is 9.59 Å². The predicted octanol–water partition coefficient (Wildman–Crippen LogP) is 1.81. The van der Waals surface area contributed by atoms with Crippen LogP contribution in [0, 0.1) is 17.2 Å². The maximum Gasteiger partial charge on any atom is 0.350 e. The molecule has 1 atom stereocenters. The maximum atomic E-state index is 12.9. The molecular weight excluding hydrogens is 420 g/mol. The van der Waals surface area contributed by atoms with Crippen LogP contribution in [-0.4, -0.2) is 53.0 Å². The number of aromatic nitrogens is 2. The molecule has 0 amide bonds. The van der Waals surface area contributed by atoms with E-state index in [4.69, 9.17) is 15.8 Å². The van der Waals surface area contributed by atoms with Crippen molar-refractivity contribution in [2.45, 2.75) is 57.0 Å². The topological polar surface area (TPSA) is 110 Å². The molecule has 2 heterocycles. The van der Waals surface area contributed by atoms with Crippen LogP contribution in [0.4, 0.5) is 5.69 Å². The van der Waals surface area contributed by atoms with Gasteiger partial charge < -0.3 is 15.5 Å². The Kier molecular flexibility index (Phi) is 5.36. The zero-order chi connectivity index (χ0) is 23.3. The highest BCUT2D eigenvalue weighted by atomic mass is 16.5. The van der Waals surface area contributed by atoms with Gasteiger partial charge in [-0.2, -0.15) is 9.94 Å². The lowest BCUT2D eigenvalue weighted by Crippen LogP contribution is -2.45. The first-order valence-electron chi connectivity index (χ1n) is 12.0. The third-order valence-corrected chi connectivity index (χ3v) is 7.89. The van der Waals surface area contributed by atoms with Crippen LogP contribution in [0.1, 0.15) is 51.5 Å². The summed E-state index contributed by atoms with van der Waals surface area (Å²) >= 11 is 0. The number of rotatable bonds is 8. The zero-order valence-corrected chi connectivity index (χ0v) is 19.4. The first kappa shape index (κ1) is 21.8. The largest absolute Gasteiger partial charge is 0.492 e. The van der Waals surface area contributed by atoms with E-state index in [1.165, 1.54) is 12.8 Å². The summed E-state index contributed by atoms with van der Waals surface area (Å²) in [5.41, 5.74) is 0.685. The van der Waals surface area contributed by atoms with Crippen molar-refractivity contribution in [3.63, 3.8) is 0 Å². The normalized spacial score (nSPS) is 21.5. The van der Waals surface area contributed by atoms with Crippen LogP contribution in [0.5, 0.6) is 5.75 Å². The molecule has 9 nitrogen and oxygen atoms in total. The highest BCUT2D eigenvalue weighted by Crippen LogP contribution is 2.52. The minimum Gasteiger partial charge on any atom is -0.492 e. The van der Waals surface area contributed by atoms with Gasteiger partial charge in [-0.05, 0) is 56.7 Å². The van der Waals surface area contributed by atoms with Crippen molar-refractivity contribution in [2.75, 3.05) is 44.0 Å². The molecule has 0 radical (unpaired) electrons.